The highest BCUT2D eigenvalue weighted by Crippen LogP contribution is 2.22. The highest BCUT2D eigenvalue weighted by molar-refractivity contribution is 9.10. The molecule has 3 N–H and O–H groups in total. The van der Waals surface area contributed by atoms with Crippen LogP contribution in [0.4, 0.5) is 5.69 Å². The van der Waals surface area contributed by atoms with Crippen molar-refractivity contribution in [2.45, 2.75) is 45.2 Å². The molecule has 2 rings (SSSR count). The standard InChI is InChI=1S/C16H24BrN3O/c1-16(2,3)20-8-6-12(7-9-20)19-15(21)11-4-5-13(17)14(18)10-11/h4-5,10,12H,6-9,18H2,1-3H3,(H,19,21). The molecule has 0 unspecified atom stereocenters. The zero-order chi connectivity index (χ0) is 15.6. The number of nitrogens with one attached hydrogen (secondary N) is 1. The molecule has 0 spiro atoms. The van der Waals surface area contributed by atoms with Gasteiger partial charge < -0.3 is 11.1 Å². The lowest BCUT2D eigenvalue weighted by Gasteiger charge is -2.41. The molecular weight excluding hydrogens is 330 g/mol. The van der Waals surface area contributed by atoms with Crippen molar-refractivity contribution in [3.8, 4) is 0 Å². The Labute approximate surface area is 135 Å². The average molecular weight is 354 g/mol. The minimum Gasteiger partial charge on any atom is -0.398 e. The zero-order valence-corrected chi connectivity index (χ0v) is 14.5. The van der Waals surface area contributed by atoms with Crippen molar-refractivity contribution in [2.24, 2.45) is 0 Å². The SMILES string of the molecule is CC(C)(C)N1CCC(NC(=O)c2ccc(Br)c(N)c2)CC1. The zero-order valence-electron chi connectivity index (χ0n) is 12.9. The van der Waals surface area contributed by atoms with Gasteiger partial charge in [-0.05, 0) is 67.7 Å². The number of likely N-dealkylation sites (tertiary alicyclic amines) is 1. The van der Waals surface area contributed by atoms with E-state index >= 15 is 0 Å². The van der Waals surface area contributed by atoms with Crippen LogP contribution in [0.1, 0.15) is 44.0 Å². The van der Waals surface area contributed by atoms with Crippen molar-refractivity contribution in [1.29, 1.82) is 0 Å². The molecule has 1 aromatic rings. The largest absolute Gasteiger partial charge is 0.398 e. The molecule has 0 aromatic heterocycles. The monoisotopic (exact) mass is 353 g/mol. The minimum atomic E-state index is -0.0385. The number of nitrogens with two attached hydrogens (primary N) is 1. The first-order chi connectivity index (χ1) is 9.77. The van der Waals surface area contributed by atoms with E-state index in [2.05, 4.69) is 46.9 Å². The normalized spacial score (nSPS) is 17.7. The molecule has 116 valence electrons. The van der Waals surface area contributed by atoms with E-state index in [1.807, 2.05) is 6.07 Å². The van der Waals surface area contributed by atoms with Gasteiger partial charge in [0.05, 0.1) is 0 Å². The molecule has 1 aliphatic heterocycles. The maximum absolute atomic E-state index is 12.3. The van der Waals surface area contributed by atoms with Crippen LogP contribution in [-0.4, -0.2) is 35.5 Å². The van der Waals surface area contributed by atoms with Crippen LogP contribution < -0.4 is 11.1 Å². The molecule has 0 aliphatic carbocycles. The topological polar surface area (TPSA) is 58.4 Å². The summed E-state index contributed by atoms with van der Waals surface area (Å²) in [4.78, 5) is 14.7. The Morgan fingerprint density at radius 3 is 2.48 bits per heavy atom. The van der Waals surface area contributed by atoms with Gasteiger partial charge in [-0.2, -0.15) is 0 Å². The van der Waals surface area contributed by atoms with Gasteiger partial charge in [-0.25, -0.2) is 0 Å². The number of carbonyl (C=O) groups is 1. The van der Waals surface area contributed by atoms with E-state index in [0.29, 0.717) is 11.3 Å². The Bertz CT molecular complexity index is 517. The number of nitrogens with zero attached hydrogens (tertiary/aromatic N) is 1. The highest BCUT2D eigenvalue weighted by atomic mass is 79.9. The molecule has 1 heterocycles. The van der Waals surface area contributed by atoms with Crippen LogP contribution >= 0.6 is 15.9 Å². The molecular formula is C16H24BrN3O. The molecule has 1 amide bonds. The van der Waals surface area contributed by atoms with Gasteiger partial charge in [0.2, 0.25) is 0 Å². The van der Waals surface area contributed by atoms with Gasteiger partial charge in [-0.15, -0.1) is 0 Å². The number of benzene rings is 1. The molecule has 1 aliphatic rings. The van der Waals surface area contributed by atoms with E-state index in [-0.39, 0.29) is 17.5 Å². The van der Waals surface area contributed by atoms with Crippen LogP contribution in [0.3, 0.4) is 0 Å². The van der Waals surface area contributed by atoms with Gasteiger partial charge in [-0.3, -0.25) is 9.69 Å². The first-order valence-electron chi connectivity index (χ1n) is 7.38. The second-order valence-corrected chi connectivity index (χ2v) is 7.50. The van der Waals surface area contributed by atoms with Gasteiger partial charge in [-0.1, -0.05) is 0 Å². The predicted molar refractivity (Wildman–Crippen MR) is 90.4 cm³/mol. The molecule has 4 nitrogen and oxygen atoms in total. The Hall–Kier alpha value is -1.07. The molecule has 1 fully saturated rings. The van der Waals surface area contributed by atoms with Gasteiger partial charge in [0.25, 0.3) is 5.91 Å². The van der Waals surface area contributed by atoms with Crippen molar-refractivity contribution in [1.82, 2.24) is 10.2 Å². The first kappa shape index (κ1) is 16.3. The fourth-order valence-corrected chi connectivity index (χ4v) is 2.89. The van der Waals surface area contributed by atoms with Crippen LogP contribution in [-0.2, 0) is 0 Å². The van der Waals surface area contributed by atoms with Crippen molar-refractivity contribution < 1.29 is 4.79 Å². The third kappa shape index (κ3) is 4.20. The molecule has 0 radical (unpaired) electrons. The number of nitrogen functional groups attached to an aromatic ring is 1. The number of piperidine rings is 1. The van der Waals surface area contributed by atoms with Crippen LogP contribution in [0, 0.1) is 0 Å². The number of carbonyl (C=O) groups excluding carboxylic acids is 1. The lowest BCUT2D eigenvalue weighted by Crippen LogP contribution is -2.50. The third-order valence-corrected chi connectivity index (χ3v) is 4.76. The second kappa shape index (κ2) is 6.36. The first-order valence-corrected chi connectivity index (χ1v) is 8.17. The van der Waals surface area contributed by atoms with E-state index in [4.69, 9.17) is 5.73 Å². The highest BCUT2D eigenvalue weighted by Gasteiger charge is 2.27. The predicted octanol–water partition coefficient (Wildman–Crippen LogP) is 3.02. The summed E-state index contributed by atoms with van der Waals surface area (Å²) in [5.41, 5.74) is 7.24. The van der Waals surface area contributed by atoms with E-state index in [1.54, 1.807) is 12.1 Å². The van der Waals surface area contributed by atoms with Gasteiger partial charge in [0.15, 0.2) is 0 Å². The summed E-state index contributed by atoms with van der Waals surface area (Å²) >= 11 is 3.34. The quantitative estimate of drug-likeness (QED) is 0.803. The Morgan fingerprint density at radius 1 is 1.33 bits per heavy atom. The summed E-state index contributed by atoms with van der Waals surface area (Å²) in [5.74, 6) is -0.0385. The van der Waals surface area contributed by atoms with Crippen molar-refractivity contribution in [3.05, 3.63) is 28.2 Å². The van der Waals surface area contributed by atoms with Crippen LogP contribution in [0.5, 0.6) is 0 Å². The number of hydrogen-bond donors (Lipinski definition) is 2. The lowest BCUT2D eigenvalue weighted by molar-refractivity contribution is 0.0812. The smallest absolute Gasteiger partial charge is 0.251 e. The summed E-state index contributed by atoms with van der Waals surface area (Å²) in [6.45, 7) is 8.75. The summed E-state index contributed by atoms with van der Waals surface area (Å²) in [6.07, 6.45) is 1.99. The van der Waals surface area contributed by atoms with Crippen molar-refractivity contribution in [3.63, 3.8) is 0 Å². The Balaban J connectivity index is 1.91. The second-order valence-electron chi connectivity index (χ2n) is 6.64. The number of anilines is 1. The summed E-state index contributed by atoms with van der Waals surface area (Å²) in [5, 5.41) is 3.12. The molecule has 1 aromatic carbocycles. The van der Waals surface area contributed by atoms with Gasteiger partial charge >= 0.3 is 0 Å². The van der Waals surface area contributed by atoms with Crippen LogP contribution in [0.15, 0.2) is 22.7 Å². The van der Waals surface area contributed by atoms with Crippen LogP contribution in [0.25, 0.3) is 0 Å². The lowest BCUT2D eigenvalue weighted by atomic mass is 9.98. The fourth-order valence-electron chi connectivity index (χ4n) is 2.65. The number of amides is 1. The van der Waals surface area contributed by atoms with E-state index in [1.165, 1.54) is 0 Å². The minimum absolute atomic E-state index is 0.0385. The van der Waals surface area contributed by atoms with E-state index in [9.17, 15) is 4.79 Å². The number of rotatable bonds is 2. The van der Waals surface area contributed by atoms with E-state index < -0.39 is 0 Å². The Kier molecular flexibility index (Phi) is 4.94. The third-order valence-electron chi connectivity index (χ3n) is 4.04. The summed E-state index contributed by atoms with van der Waals surface area (Å²) in [6, 6.07) is 5.57. The maximum Gasteiger partial charge on any atom is 0.251 e. The van der Waals surface area contributed by atoms with E-state index in [0.717, 1.165) is 30.4 Å². The Morgan fingerprint density at radius 2 is 1.95 bits per heavy atom. The fraction of sp³-hybridized carbons (Fsp3) is 0.562. The number of hydrogen-bond acceptors (Lipinski definition) is 3. The molecule has 0 atom stereocenters. The molecule has 0 saturated carbocycles. The number of halogens is 1. The average Bonchev–Trinajstić information content (AvgIpc) is 2.41. The van der Waals surface area contributed by atoms with Crippen molar-refractivity contribution in [2.75, 3.05) is 18.8 Å². The maximum atomic E-state index is 12.3. The molecule has 5 heteroatoms. The summed E-state index contributed by atoms with van der Waals surface area (Å²) in [7, 11) is 0. The molecule has 1 saturated heterocycles. The molecule has 21 heavy (non-hydrogen) atoms. The molecule has 0 bridgehead atoms. The van der Waals surface area contributed by atoms with Gasteiger partial charge in [0, 0.05) is 40.4 Å². The van der Waals surface area contributed by atoms with Crippen molar-refractivity contribution >= 4 is 27.5 Å². The van der Waals surface area contributed by atoms with Gasteiger partial charge in [0.1, 0.15) is 0 Å². The van der Waals surface area contributed by atoms with Crippen LogP contribution in [0.2, 0.25) is 0 Å². The summed E-state index contributed by atoms with van der Waals surface area (Å²) < 4.78 is 0.817.